The highest BCUT2D eigenvalue weighted by molar-refractivity contribution is 6.30. The molecular formula is C15H22ClNO2. The van der Waals surface area contributed by atoms with E-state index in [0.29, 0.717) is 0 Å². The molecule has 2 unspecified atom stereocenters. The van der Waals surface area contributed by atoms with Crippen LogP contribution in [0.15, 0.2) is 24.3 Å². The van der Waals surface area contributed by atoms with Gasteiger partial charge in [-0.05, 0) is 37.6 Å². The van der Waals surface area contributed by atoms with E-state index in [4.69, 9.17) is 16.7 Å². The second kappa shape index (κ2) is 7.51. The van der Waals surface area contributed by atoms with Crippen molar-refractivity contribution in [3.05, 3.63) is 34.9 Å². The minimum Gasteiger partial charge on any atom is -0.481 e. The fourth-order valence-corrected chi connectivity index (χ4v) is 2.68. The fraction of sp³-hybridized carbons (Fsp3) is 0.533. The van der Waals surface area contributed by atoms with Gasteiger partial charge >= 0.3 is 5.97 Å². The molecule has 19 heavy (non-hydrogen) atoms. The van der Waals surface area contributed by atoms with E-state index in [1.54, 1.807) is 0 Å². The first-order valence-corrected chi connectivity index (χ1v) is 7.10. The average molecular weight is 284 g/mol. The number of carbonyl (C=O) groups is 1. The third-order valence-electron chi connectivity index (χ3n) is 3.44. The maximum atomic E-state index is 10.9. The van der Waals surface area contributed by atoms with Crippen LogP contribution in [-0.4, -0.2) is 28.6 Å². The lowest BCUT2D eigenvalue weighted by Gasteiger charge is -2.35. The highest BCUT2D eigenvalue weighted by atomic mass is 35.5. The van der Waals surface area contributed by atoms with Gasteiger partial charge in [-0.1, -0.05) is 37.6 Å². The summed E-state index contributed by atoms with van der Waals surface area (Å²) in [5, 5.41) is 9.67. The summed E-state index contributed by atoms with van der Waals surface area (Å²) >= 11 is 5.91. The van der Waals surface area contributed by atoms with E-state index in [9.17, 15) is 4.79 Å². The molecular weight excluding hydrogens is 262 g/mol. The molecule has 0 heterocycles. The third kappa shape index (κ3) is 4.51. The molecule has 0 aliphatic carbocycles. The lowest BCUT2D eigenvalue weighted by Crippen LogP contribution is -2.37. The van der Waals surface area contributed by atoms with Gasteiger partial charge in [-0.25, -0.2) is 0 Å². The Morgan fingerprint density at radius 2 is 1.89 bits per heavy atom. The molecule has 4 heteroatoms. The monoisotopic (exact) mass is 283 g/mol. The molecule has 0 spiro atoms. The van der Waals surface area contributed by atoms with Gasteiger partial charge in [-0.3, -0.25) is 9.69 Å². The quantitative estimate of drug-likeness (QED) is 0.823. The number of carboxylic acid groups (broad SMARTS) is 1. The lowest BCUT2D eigenvalue weighted by molar-refractivity contribution is -0.138. The second-order valence-electron chi connectivity index (χ2n) is 4.75. The van der Waals surface area contributed by atoms with Crippen molar-refractivity contribution in [2.75, 3.05) is 6.54 Å². The van der Waals surface area contributed by atoms with Crippen LogP contribution in [-0.2, 0) is 4.79 Å². The molecule has 106 valence electrons. The number of hydrogen-bond acceptors (Lipinski definition) is 2. The molecule has 3 nitrogen and oxygen atoms in total. The van der Waals surface area contributed by atoms with Crippen LogP contribution >= 0.6 is 11.6 Å². The van der Waals surface area contributed by atoms with Gasteiger partial charge < -0.3 is 5.11 Å². The molecule has 0 aliphatic rings. The molecule has 0 saturated heterocycles. The third-order valence-corrected chi connectivity index (χ3v) is 3.70. The van der Waals surface area contributed by atoms with Crippen LogP contribution in [0.1, 0.15) is 45.2 Å². The molecule has 1 aromatic carbocycles. The van der Waals surface area contributed by atoms with Gasteiger partial charge in [0.1, 0.15) is 0 Å². The molecule has 0 bridgehead atoms. The van der Waals surface area contributed by atoms with E-state index >= 15 is 0 Å². The van der Waals surface area contributed by atoms with Gasteiger partial charge in [0.05, 0.1) is 6.42 Å². The topological polar surface area (TPSA) is 40.5 Å². The molecule has 0 radical (unpaired) electrons. The zero-order valence-corrected chi connectivity index (χ0v) is 12.5. The first-order chi connectivity index (χ1) is 8.99. The Morgan fingerprint density at radius 3 is 2.32 bits per heavy atom. The Bertz CT molecular complexity index is 405. The first kappa shape index (κ1) is 16.0. The summed E-state index contributed by atoms with van der Waals surface area (Å²) < 4.78 is 0. The van der Waals surface area contributed by atoms with E-state index in [1.165, 1.54) is 5.56 Å². The minimum atomic E-state index is -0.753. The summed E-state index contributed by atoms with van der Waals surface area (Å²) in [5.41, 5.74) is 1.19. The summed E-state index contributed by atoms with van der Waals surface area (Å²) in [6.07, 6.45) is 1.11. The largest absolute Gasteiger partial charge is 0.481 e. The van der Waals surface area contributed by atoms with Gasteiger partial charge in [-0.2, -0.15) is 0 Å². The van der Waals surface area contributed by atoms with Gasteiger partial charge in [0.15, 0.2) is 0 Å². The maximum Gasteiger partial charge on any atom is 0.304 e. The van der Waals surface area contributed by atoms with Gasteiger partial charge in [0.2, 0.25) is 0 Å². The van der Waals surface area contributed by atoms with Crippen molar-refractivity contribution in [2.45, 2.75) is 45.7 Å². The molecule has 0 aliphatic heterocycles. The highest BCUT2D eigenvalue weighted by Crippen LogP contribution is 2.27. The zero-order valence-electron chi connectivity index (χ0n) is 11.8. The molecule has 2 atom stereocenters. The van der Waals surface area contributed by atoms with Crippen LogP contribution in [0.2, 0.25) is 5.02 Å². The van der Waals surface area contributed by atoms with Crippen LogP contribution in [0, 0.1) is 0 Å². The zero-order chi connectivity index (χ0) is 14.4. The van der Waals surface area contributed by atoms with E-state index in [1.807, 2.05) is 31.2 Å². The Morgan fingerprint density at radius 1 is 1.32 bits per heavy atom. The Hall–Kier alpha value is -1.06. The normalized spacial score (nSPS) is 14.4. The summed E-state index contributed by atoms with van der Waals surface area (Å²) in [4.78, 5) is 13.1. The van der Waals surface area contributed by atoms with E-state index in [-0.39, 0.29) is 18.5 Å². The predicted octanol–water partition coefficient (Wildman–Crippen LogP) is 3.98. The summed E-state index contributed by atoms with van der Waals surface area (Å²) in [5.74, 6) is -0.753. The van der Waals surface area contributed by atoms with Gasteiger partial charge in [0, 0.05) is 17.1 Å². The molecule has 1 N–H and O–H groups in total. The molecule has 0 saturated carbocycles. The van der Waals surface area contributed by atoms with E-state index < -0.39 is 5.97 Å². The number of benzene rings is 1. The summed E-state index contributed by atoms with van der Waals surface area (Å²) in [6.45, 7) is 6.98. The molecule has 0 amide bonds. The van der Waals surface area contributed by atoms with Crippen molar-refractivity contribution in [1.82, 2.24) is 4.90 Å². The SMILES string of the molecule is CCC(c1ccc(Cl)cc1)N(CC)C(C)CC(=O)O. The Labute approximate surface area is 120 Å². The van der Waals surface area contributed by atoms with Crippen LogP contribution in [0.25, 0.3) is 0 Å². The number of carboxylic acids is 1. The number of halogens is 1. The summed E-state index contributed by atoms with van der Waals surface area (Å²) in [7, 11) is 0. The average Bonchev–Trinajstić information content (AvgIpc) is 2.36. The van der Waals surface area contributed by atoms with Crippen molar-refractivity contribution in [1.29, 1.82) is 0 Å². The van der Waals surface area contributed by atoms with Crippen LogP contribution in [0.5, 0.6) is 0 Å². The number of nitrogens with zero attached hydrogens (tertiary/aromatic N) is 1. The smallest absolute Gasteiger partial charge is 0.304 e. The molecule has 0 fully saturated rings. The number of aliphatic carboxylic acids is 1. The van der Waals surface area contributed by atoms with Crippen LogP contribution in [0.3, 0.4) is 0 Å². The van der Waals surface area contributed by atoms with E-state index in [0.717, 1.165) is 18.0 Å². The van der Waals surface area contributed by atoms with Gasteiger partial charge in [-0.15, -0.1) is 0 Å². The second-order valence-corrected chi connectivity index (χ2v) is 5.19. The van der Waals surface area contributed by atoms with Crippen LogP contribution < -0.4 is 0 Å². The minimum absolute atomic E-state index is 0.0168. The summed E-state index contributed by atoms with van der Waals surface area (Å²) in [6, 6.07) is 8.06. The van der Waals surface area contributed by atoms with Crippen LogP contribution in [0.4, 0.5) is 0 Å². The Balaban J connectivity index is 2.91. The van der Waals surface area contributed by atoms with Crippen molar-refractivity contribution >= 4 is 17.6 Å². The Kier molecular flexibility index (Phi) is 6.32. The lowest BCUT2D eigenvalue weighted by atomic mass is 10.00. The highest BCUT2D eigenvalue weighted by Gasteiger charge is 2.23. The molecule has 0 aromatic heterocycles. The molecule has 1 rings (SSSR count). The maximum absolute atomic E-state index is 10.9. The van der Waals surface area contributed by atoms with Crippen molar-refractivity contribution in [3.8, 4) is 0 Å². The molecule has 1 aromatic rings. The van der Waals surface area contributed by atoms with Gasteiger partial charge in [0.25, 0.3) is 0 Å². The standard InChI is InChI=1S/C15H22ClNO2/c1-4-14(12-6-8-13(16)9-7-12)17(5-2)11(3)10-15(18)19/h6-9,11,14H,4-5,10H2,1-3H3,(H,18,19). The van der Waals surface area contributed by atoms with E-state index in [2.05, 4.69) is 18.7 Å². The number of hydrogen-bond donors (Lipinski definition) is 1. The fourth-order valence-electron chi connectivity index (χ4n) is 2.56. The first-order valence-electron chi connectivity index (χ1n) is 6.72. The van der Waals surface area contributed by atoms with Crippen molar-refractivity contribution in [2.24, 2.45) is 0 Å². The number of rotatable bonds is 7. The van der Waals surface area contributed by atoms with Crippen molar-refractivity contribution < 1.29 is 9.90 Å². The predicted molar refractivity (Wildman–Crippen MR) is 78.6 cm³/mol. The van der Waals surface area contributed by atoms with Crippen molar-refractivity contribution in [3.63, 3.8) is 0 Å².